The molecule has 0 fully saturated rings. The van der Waals surface area contributed by atoms with E-state index in [2.05, 4.69) is 5.32 Å². The average molecular weight is 215 g/mol. The molecule has 2 aromatic rings. The predicted molar refractivity (Wildman–Crippen MR) is 64.9 cm³/mol. The van der Waals surface area contributed by atoms with Crippen molar-refractivity contribution in [2.75, 3.05) is 5.32 Å². The minimum absolute atomic E-state index is 0.199. The summed E-state index contributed by atoms with van der Waals surface area (Å²) in [5.74, 6) is -0.199. The molecule has 16 heavy (non-hydrogen) atoms. The van der Waals surface area contributed by atoms with Gasteiger partial charge in [0.15, 0.2) is 0 Å². The number of hydrogen-bond donors (Lipinski definition) is 1. The summed E-state index contributed by atoms with van der Waals surface area (Å²) in [4.78, 5) is 0. The van der Waals surface area contributed by atoms with Crippen molar-refractivity contribution in [3.63, 3.8) is 0 Å². The Hall–Kier alpha value is -1.83. The van der Waals surface area contributed by atoms with Crippen LogP contribution in [-0.2, 0) is 6.54 Å². The SMILES string of the molecule is Cc1cc(F)cc(NCc2ccccc2)c1. The Balaban J connectivity index is 2.05. The molecular weight excluding hydrogens is 201 g/mol. The van der Waals surface area contributed by atoms with E-state index in [1.165, 1.54) is 17.7 Å². The molecular formula is C14H14FN. The number of aryl methyl sites for hydroxylation is 1. The minimum atomic E-state index is -0.199. The summed E-state index contributed by atoms with van der Waals surface area (Å²) in [6, 6.07) is 15.0. The number of rotatable bonds is 3. The molecule has 0 aliphatic carbocycles. The highest BCUT2D eigenvalue weighted by molar-refractivity contribution is 5.46. The van der Waals surface area contributed by atoms with Crippen LogP contribution in [0.15, 0.2) is 48.5 Å². The lowest BCUT2D eigenvalue weighted by Crippen LogP contribution is -1.99. The van der Waals surface area contributed by atoms with Crippen LogP contribution in [-0.4, -0.2) is 0 Å². The Labute approximate surface area is 94.9 Å². The Morgan fingerprint density at radius 3 is 2.50 bits per heavy atom. The molecule has 2 aromatic carbocycles. The quantitative estimate of drug-likeness (QED) is 0.822. The molecule has 0 unspecified atom stereocenters. The fourth-order valence-corrected chi connectivity index (χ4v) is 1.64. The van der Waals surface area contributed by atoms with E-state index in [4.69, 9.17) is 0 Å². The zero-order valence-electron chi connectivity index (χ0n) is 9.20. The third-order valence-corrected chi connectivity index (χ3v) is 2.38. The first-order chi connectivity index (χ1) is 7.74. The van der Waals surface area contributed by atoms with Crippen molar-refractivity contribution in [3.8, 4) is 0 Å². The lowest BCUT2D eigenvalue weighted by molar-refractivity contribution is 0.627. The van der Waals surface area contributed by atoms with Crippen LogP contribution in [0.2, 0.25) is 0 Å². The maximum atomic E-state index is 13.1. The minimum Gasteiger partial charge on any atom is -0.381 e. The summed E-state index contributed by atoms with van der Waals surface area (Å²) in [7, 11) is 0. The second-order valence-electron chi connectivity index (χ2n) is 3.86. The molecule has 0 radical (unpaired) electrons. The molecule has 0 atom stereocenters. The van der Waals surface area contributed by atoms with Crippen molar-refractivity contribution in [2.45, 2.75) is 13.5 Å². The lowest BCUT2D eigenvalue weighted by Gasteiger charge is -2.07. The van der Waals surface area contributed by atoms with Gasteiger partial charge in [-0.1, -0.05) is 30.3 Å². The van der Waals surface area contributed by atoms with Gasteiger partial charge in [-0.2, -0.15) is 0 Å². The van der Waals surface area contributed by atoms with Crippen LogP contribution >= 0.6 is 0 Å². The standard InChI is InChI=1S/C14H14FN/c1-11-7-13(15)9-14(8-11)16-10-12-5-3-2-4-6-12/h2-9,16H,10H2,1H3. The zero-order valence-corrected chi connectivity index (χ0v) is 9.20. The summed E-state index contributed by atoms with van der Waals surface area (Å²) in [6.45, 7) is 2.60. The van der Waals surface area contributed by atoms with Crippen LogP contribution in [0, 0.1) is 12.7 Å². The fraction of sp³-hybridized carbons (Fsp3) is 0.143. The number of nitrogens with one attached hydrogen (secondary N) is 1. The van der Waals surface area contributed by atoms with Crippen LogP contribution in [0.4, 0.5) is 10.1 Å². The van der Waals surface area contributed by atoms with Crippen molar-refractivity contribution in [3.05, 3.63) is 65.5 Å². The molecule has 0 aliphatic heterocycles. The molecule has 0 aliphatic rings. The van der Waals surface area contributed by atoms with Gasteiger partial charge in [-0.3, -0.25) is 0 Å². The van der Waals surface area contributed by atoms with Crippen molar-refractivity contribution in [2.24, 2.45) is 0 Å². The van der Waals surface area contributed by atoms with Gasteiger partial charge < -0.3 is 5.32 Å². The molecule has 0 bridgehead atoms. The Morgan fingerprint density at radius 2 is 1.81 bits per heavy atom. The topological polar surface area (TPSA) is 12.0 Å². The van der Waals surface area contributed by atoms with Gasteiger partial charge in [0.05, 0.1) is 0 Å². The van der Waals surface area contributed by atoms with E-state index in [1.807, 2.05) is 43.3 Å². The van der Waals surface area contributed by atoms with Crippen LogP contribution in [0.3, 0.4) is 0 Å². The maximum Gasteiger partial charge on any atom is 0.125 e. The summed E-state index contributed by atoms with van der Waals surface area (Å²) in [5, 5.41) is 3.20. The van der Waals surface area contributed by atoms with Gasteiger partial charge in [-0.15, -0.1) is 0 Å². The Morgan fingerprint density at radius 1 is 1.06 bits per heavy atom. The highest BCUT2D eigenvalue weighted by atomic mass is 19.1. The Bertz CT molecular complexity index is 445. The number of benzene rings is 2. The molecule has 1 N–H and O–H groups in total. The molecule has 0 amide bonds. The third kappa shape index (κ3) is 2.83. The normalized spacial score (nSPS) is 10.1. The maximum absolute atomic E-state index is 13.1. The molecule has 1 nitrogen and oxygen atoms in total. The largest absolute Gasteiger partial charge is 0.381 e. The van der Waals surface area contributed by atoms with Gasteiger partial charge in [-0.25, -0.2) is 4.39 Å². The van der Waals surface area contributed by atoms with E-state index < -0.39 is 0 Å². The van der Waals surface area contributed by atoms with Gasteiger partial charge in [0.1, 0.15) is 5.82 Å². The summed E-state index contributed by atoms with van der Waals surface area (Å²) in [6.07, 6.45) is 0. The van der Waals surface area contributed by atoms with Crippen molar-refractivity contribution in [1.82, 2.24) is 0 Å². The lowest BCUT2D eigenvalue weighted by atomic mass is 10.2. The van der Waals surface area contributed by atoms with Crippen molar-refractivity contribution < 1.29 is 4.39 Å². The molecule has 0 saturated carbocycles. The Kier molecular flexibility index (Phi) is 3.20. The van der Waals surface area contributed by atoms with Gasteiger partial charge in [0.25, 0.3) is 0 Å². The predicted octanol–water partition coefficient (Wildman–Crippen LogP) is 3.75. The molecule has 2 heteroatoms. The monoisotopic (exact) mass is 215 g/mol. The first-order valence-corrected chi connectivity index (χ1v) is 5.29. The smallest absolute Gasteiger partial charge is 0.125 e. The van der Waals surface area contributed by atoms with Gasteiger partial charge in [-0.05, 0) is 36.2 Å². The van der Waals surface area contributed by atoms with Crippen LogP contribution in [0.5, 0.6) is 0 Å². The van der Waals surface area contributed by atoms with E-state index in [0.29, 0.717) is 6.54 Å². The zero-order chi connectivity index (χ0) is 11.4. The molecule has 82 valence electrons. The molecule has 0 heterocycles. The molecule has 2 rings (SSSR count). The van der Waals surface area contributed by atoms with E-state index in [1.54, 1.807) is 0 Å². The van der Waals surface area contributed by atoms with E-state index in [9.17, 15) is 4.39 Å². The first kappa shape index (κ1) is 10.7. The molecule has 0 aromatic heterocycles. The van der Waals surface area contributed by atoms with Crippen LogP contribution in [0.25, 0.3) is 0 Å². The second-order valence-corrected chi connectivity index (χ2v) is 3.86. The van der Waals surface area contributed by atoms with Crippen molar-refractivity contribution in [1.29, 1.82) is 0 Å². The number of halogens is 1. The highest BCUT2D eigenvalue weighted by Gasteiger charge is 1.97. The summed E-state index contributed by atoms with van der Waals surface area (Å²) < 4.78 is 13.1. The fourth-order valence-electron chi connectivity index (χ4n) is 1.64. The average Bonchev–Trinajstić information content (AvgIpc) is 2.27. The van der Waals surface area contributed by atoms with Gasteiger partial charge in [0.2, 0.25) is 0 Å². The first-order valence-electron chi connectivity index (χ1n) is 5.29. The van der Waals surface area contributed by atoms with E-state index in [0.717, 1.165) is 11.3 Å². The van der Waals surface area contributed by atoms with Crippen LogP contribution < -0.4 is 5.32 Å². The summed E-state index contributed by atoms with van der Waals surface area (Å²) >= 11 is 0. The second kappa shape index (κ2) is 4.79. The number of anilines is 1. The summed E-state index contributed by atoms with van der Waals surface area (Å²) in [5.41, 5.74) is 2.93. The van der Waals surface area contributed by atoms with Gasteiger partial charge in [0, 0.05) is 12.2 Å². The number of hydrogen-bond acceptors (Lipinski definition) is 1. The molecule has 0 saturated heterocycles. The van der Waals surface area contributed by atoms with Crippen molar-refractivity contribution >= 4 is 5.69 Å². The third-order valence-electron chi connectivity index (χ3n) is 2.38. The molecule has 0 spiro atoms. The van der Waals surface area contributed by atoms with Crippen LogP contribution in [0.1, 0.15) is 11.1 Å². The van der Waals surface area contributed by atoms with E-state index >= 15 is 0 Å². The highest BCUT2D eigenvalue weighted by Crippen LogP contribution is 2.14. The van der Waals surface area contributed by atoms with Gasteiger partial charge >= 0.3 is 0 Å². The van der Waals surface area contributed by atoms with E-state index in [-0.39, 0.29) is 5.82 Å².